The van der Waals surface area contributed by atoms with E-state index >= 15 is 0 Å². The summed E-state index contributed by atoms with van der Waals surface area (Å²) >= 11 is 0. The first kappa shape index (κ1) is 13.9. The Morgan fingerprint density at radius 1 is 1.33 bits per heavy atom. The highest BCUT2D eigenvalue weighted by atomic mass is 16.2. The summed E-state index contributed by atoms with van der Waals surface area (Å²) in [6, 6.07) is 0.388. The van der Waals surface area contributed by atoms with Gasteiger partial charge in [0, 0.05) is 6.04 Å². The molecule has 2 fully saturated rings. The van der Waals surface area contributed by atoms with Gasteiger partial charge in [-0.1, -0.05) is 40.5 Å². The summed E-state index contributed by atoms with van der Waals surface area (Å²) in [7, 11) is 0. The zero-order valence-corrected chi connectivity index (χ0v) is 12.5. The highest BCUT2D eigenvalue weighted by Gasteiger charge is 2.47. The Labute approximate surface area is 111 Å². The quantitative estimate of drug-likeness (QED) is 0.819. The van der Waals surface area contributed by atoms with Gasteiger partial charge in [0.25, 0.3) is 0 Å². The molecule has 0 aromatic heterocycles. The van der Waals surface area contributed by atoms with Gasteiger partial charge in [0.1, 0.15) is 0 Å². The van der Waals surface area contributed by atoms with Gasteiger partial charge >= 0.3 is 0 Å². The molecule has 3 heteroatoms. The Kier molecular flexibility index (Phi) is 3.72. The van der Waals surface area contributed by atoms with Crippen molar-refractivity contribution in [1.82, 2.24) is 10.2 Å². The Morgan fingerprint density at radius 2 is 2.00 bits per heavy atom. The van der Waals surface area contributed by atoms with Crippen molar-refractivity contribution < 1.29 is 4.79 Å². The number of hydrogen-bond acceptors (Lipinski definition) is 2. The van der Waals surface area contributed by atoms with E-state index in [1.807, 2.05) is 6.92 Å². The second kappa shape index (κ2) is 4.84. The predicted octanol–water partition coefficient (Wildman–Crippen LogP) is 2.76. The third-order valence-electron chi connectivity index (χ3n) is 4.76. The summed E-state index contributed by atoms with van der Waals surface area (Å²) in [6.45, 7) is 11.0. The zero-order chi connectivity index (χ0) is 13.5. The van der Waals surface area contributed by atoms with E-state index in [9.17, 15) is 4.79 Å². The van der Waals surface area contributed by atoms with Crippen molar-refractivity contribution in [2.24, 2.45) is 11.3 Å². The van der Waals surface area contributed by atoms with Crippen molar-refractivity contribution in [3.05, 3.63) is 0 Å². The van der Waals surface area contributed by atoms with Gasteiger partial charge in [0.05, 0.1) is 12.2 Å². The summed E-state index contributed by atoms with van der Waals surface area (Å²) in [5.41, 5.74) is 0.257. The summed E-state index contributed by atoms with van der Waals surface area (Å²) in [4.78, 5) is 14.6. The van der Waals surface area contributed by atoms with Crippen molar-refractivity contribution in [1.29, 1.82) is 0 Å². The maximum absolute atomic E-state index is 12.5. The molecule has 104 valence electrons. The molecule has 3 nitrogen and oxygen atoms in total. The molecular formula is C15H28N2O. The van der Waals surface area contributed by atoms with Crippen LogP contribution in [0.2, 0.25) is 0 Å². The van der Waals surface area contributed by atoms with E-state index < -0.39 is 0 Å². The molecule has 1 saturated carbocycles. The molecule has 2 aliphatic rings. The molecule has 18 heavy (non-hydrogen) atoms. The smallest absolute Gasteiger partial charge is 0.241 e. The molecule has 0 spiro atoms. The molecule has 1 saturated heterocycles. The molecule has 1 heterocycles. The number of carbonyl (C=O) groups excluding carboxylic acids is 1. The highest BCUT2D eigenvalue weighted by Crippen LogP contribution is 2.41. The maximum Gasteiger partial charge on any atom is 0.241 e. The molecule has 0 bridgehead atoms. The standard InChI is InChI=1S/C15H28N2O/c1-10(2)13-16-11(3)14(18)17(13)12-8-6-7-9-15(12,4)5/h10-13,16H,6-9H2,1-5H3. The summed E-state index contributed by atoms with van der Waals surface area (Å²) in [5, 5.41) is 3.46. The summed E-state index contributed by atoms with van der Waals surface area (Å²) in [5.74, 6) is 0.769. The van der Waals surface area contributed by atoms with Crippen LogP contribution in [0.1, 0.15) is 60.3 Å². The van der Waals surface area contributed by atoms with Crippen molar-refractivity contribution in [2.75, 3.05) is 0 Å². The number of amides is 1. The molecule has 1 aliphatic heterocycles. The Balaban J connectivity index is 2.25. The van der Waals surface area contributed by atoms with Crippen LogP contribution in [0.25, 0.3) is 0 Å². The zero-order valence-electron chi connectivity index (χ0n) is 12.5. The minimum atomic E-state index is -0.0184. The van der Waals surface area contributed by atoms with Gasteiger partial charge in [0.15, 0.2) is 0 Å². The topological polar surface area (TPSA) is 32.3 Å². The fourth-order valence-corrected chi connectivity index (χ4v) is 3.62. The molecule has 0 aromatic carbocycles. The van der Waals surface area contributed by atoms with Crippen LogP contribution in [0, 0.1) is 11.3 Å². The number of carbonyl (C=O) groups is 1. The first-order valence-corrected chi connectivity index (χ1v) is 7.43. The lowest BCUT2D eigenvalue weighted by atomic mass is 9.72. The Morgan fingerprint density at radius 3 is 2.56 bits per heavy atom. The van der Waals surface area contributed by atoms with E-state index in [0.29, 0.717) is 17.9 Å². The van der Waals surface area contributed by atoms with Crippen LogP contribution >= 0.6 is 0 Å². The number of rotatable bonds is 2. The van der Waals surface area contributed by atoms with Gasteiger partial charge in [-0.3, -0.25) is 10.1 Å². The molecule has 3 unspecified atom stereocenters. The second-order valence-electron chi connectivity index (χ2n) is 7.07. The minimum Gasteiger partial charge on any atom is -0.322 e. The lowest BCUT2D eigenvalue weighted by Gasteiger charge is -2.46. The number of nitrogens with zero attached hydrogens (tertiary/aromatic N) is 1. The van der Waals surface area contributed by atoms with Gasteiger partial charge in [0.2, 0.25) is 5.91 Å². The van der Waals surface area contributed by atoms with E-state index in [1.165, 1.54) is 19.3 Å². The fourth-order valence-electron chi connectivity index (χ4n) is 3.62. The van der Waals surface area contributed by atoms with Crippen LogP contribution in [-0.2, 0) is 4.79 Å². The first-order valence-electron chi connectivity index (χ1n) is 7.43. The van der Waals surface area contributed by atoms with Crippen LogP contribution in [0.3, 0.4) is 0 Å². The van der Waals surface area contributed by atoms with E-state index in [-0.39, 0.29) is 17.6 Å². The van der Waals surface area contributed by atoms with Crippen LogP contribution in [-0.4, -0.2) is 29.1 Å². The summed E-state index contributed by atoms with van der Waals surface area (Å²) < 4.78 is 0. The normalized spacial score (nSPS) is 36.4. The number of hydrogen-bond donors (Lipinski definition) is 1. The molecule has 2 rings (SSSR count). The molecule has 1 N–H and O–H groups in total. The van der Waals surface area contributed by atoms with Crippen molar-refractivity contribution >= 4 is 5.91 Å². The van der Waals surface area contributed by atoms with Crippen LogP contribution < -0.4 is 5.32 Å². The Hall–Kier alpha value is -0.570. The van der Waals surface area contributed by atoms with Crippen LogP contribution in [0.15, 0.2) is 0 Å². The largest absolute Gasteiger partial charge is 0.322 e. The van der Waals surface area contributed by atoms with Crippen molar-refractivity contribution in [3.8, 4) is 0 Å². The van der Waals surface area contributed by atoms with E-state index in [1.54, 1.807) is 0 Å². The van der Waals surface area contributed by atoms with E-state index in [4.69, 9.17) is 0 Å². The van der Waals surface area contributed by atoms with Crippen molar-refractivity contribution in [2.45, 2.75) is 78.6 Å². The average Bonchev–Trinajstić information content (AvgIpc) is 2.56. The fraction of sp³-hybridized carbons (Fsp3) is 0.933. The van der Waals surface area contributed by atoms with Gasteiger partial charge in [-0.25, -0.2) is 0 Å². The average molecular weight is 252 g/mol. The molecule has 0 radical (unpaired) electrons. The Bertz CT molecular complexity index is 324. The third-order valence-corrected chi connectivity index (χ3v) is 4.76. The molecular weight excluding hydrogens is 224 g/mol. The molecule has 3 atom stereocenters. The lowest BCUT2D eigenvalue weighted by Crippen LogP contribution is -2.54. The van der Waals surface area contributed by atoms with Gasteiger partial charge in [-0.15, -0.1) is 0 Å². The minimum absolute atomic E-state index is 0.0184. The summed E-state index contributed by atoms with van der Waals surface area (Å²) in [6.07, 6.45) is 5.18. The molecule has 1 aliphatic carbocycles. The number of nitrogens with one attached hydrogen (secondary N) is 1. The highest BCUT2D eigenvalue weighted by molar-refractivity contribution is 5.84. The SMILES string of the molecule is CC1NC(C(C)C)N(C2CCCCC2(C)C)C1=O. The van der Waals surface area contributed by atoms with Crippen LogP contribution in [0.4, 0.5) is 0 Å². The van der Waals surface area contributed by atoms with Gasteiger partial charge < -0.3 is 4.90 Å². The lowest BCUT2D eigenvalue weighted by molar-refractivity contribution is -0.136. The third kappa shape index (κ3) is 2.29. The van der Waals surface area contributed by atoms with Crippen molar-refractivity contribution in [3.63, 3.8) is 0 Å². The van der Waals surface area contributed by atoms with Gasteiger partial charge in [-0.2, -0.15) is 0 Å². The van der Waals surface area contributed by atoms with Crippen LogP contribution in [0.5, 0.6) is 0 Å². The predicted molar refractivity (Wildman–Crippen MR) is 74.1 cm³/mol. The molecule has 1 amide bonds. The van der Waals surface area contributed by atoms with Gasteiger partial charge in [-0.05, 0) is 31.1 Å². The van der Waals surface area contributed by atoms with E-state index in [2.05, 4.69) is 37.9 Å². The second-order valence-corrected chi connectivity index (χ2v) is 7.07. The maximum atomic E-state index is 12.5. The van der Waals surface area contributed by atoms with E-state index in [0.717, 1.165) is 6.42 Å². The molecule has 0 aromatic rings. The first-order chi connectivity index (χ1) is 8.34. The monoisotopic (exact) mass is 252 g/mol.